The number of amides is 2. The van der Waals surface area contributed by atoms with Crippen LogP contribution in [0.4, 0.5) is 4.79 Å². The zero-order valence-corrected chi connectivity index (χ0v) is 19.8. The smallest absolute Gasteiger partial charge is 0.407 e. The second-order valence-corrected chi connectivity index (χ2v) is 10.3. The molecule has 2 aromatic carbocycles. The Morgan fingerprint density at radius 2 is 1.66 bits per heavy atom. The molecule has 7 heteroatoms. The van der Waals surface area contributed by atoms with Crippen LogP contribution >= 0.6 is 0 Å². The van der Waals surface area contributed by atoms with Crippen LogP contribution in [0.15, 0.2) is 48.5 Å². The van der Waals surface area contributed by atoms with Crippen molar-refractivity contribution in [3.05, 3.63) is 59.7 Å². The predicted molar refractivity (Wildman–Crippen MR) is 131 cm³/mol. The molecule has 1 spiro atoms. The first-order valence-electron chi connectivity index (χ1n) is 12.6. The van der Waals surface area contributed by atoms with Crippen LogP contribution in [0.5, 0.6) is 0 Å². The molecule has 5 rings (SSSR count). The summed E-state index contributed by atoms with van der Waals surface area (Å²) in [6, 6.07) is 14.9. The molecule has 0 aliphatic heterocycles. The lowest BCUT2D eigenvalue weighted by Crippen LogP contribution is -2.49. The van der Waals surface area contributed by atoms with E-state index < -0.39 is 30.4 Å². The molecular formula is C28H32N2O5. The number of aliphatic carboxylic acids is 1. The van der Waals surface area contributed by atoms with Crippen molar-refractivity contribution >= 4 is 18.0 Å². The van der Waals surface area contributed by atoms with Crippen LogP contribution in [0.25, 0.3) is 11.1 Å². The Labute approximate surface area is 205 Å². The molecule has 2 fully saturated rings. The van der Waals surface area contributed by atoms with Gasteiger partial charge in [-0.15, -0.1) is 0 Å². The van der Waals surface area contributed by atoms with E-state index in [1.807, 2.05) is 36.4 Å². The van der Waals surface area contributed by atoms with Gasteiger partial charge in [-0.2, -0.15) is 0 Å². The van der Waals surface area contributed by atoms with Crippen LogP contribution < -0.4 is 10.6 Å². The number of carbonyl (C=O) groups excluding carboxylic acids is 2. The van der Waals surface area contributed by atoms with Crippen molar-refractivity contribution in [1.29, 1.82) is 0 Å². The predicted octanol–water partition coefficient (Wildman–Crippen LogP) is 4.46. The van der Waals surface area contributed by atoms with Crippen LogP contribution in [0.3, 0.4) is 0 Å². The first kappa shape index (κ1) is 23.4. The van der Waals surface area contributed by atoms with Gasteiger partial charge in [-0.1, -0.05) is 55.0 Å². The van der Waals surface area contributed by atoms with Crippen molar-refractivity contribution in [2.75, 3.05) is 13.2 Å². The lowest BCUT2D eigenvalue weighted by molar-refractivity contribution is -0.139. The standard InChI is InChI=1S/C28H32N2O5/c31-25(32)14-24(26(33)29-16-18-6-5-11-28(15-18)12-13-28)30-27(34)35-17-23-21-9-3-1-7-19(21)20-8-2-4-10-22(20)23/h1-4,7-10,18,23-24H,5-6,11-17H2,(H,29,33)(H,30,34)(H,31,32). The quantitative estimate of drug-likeness (QED) is 0.522. The molecule has 184 valence electrons. The minimum Gasteiger partial charge on any atom is -0.481 e. The average molecular weight is 477 g/mol. The molecule has 0 saturated heterocycles. The number of hydrogen-bond donors (Lipinski definition) is 3. The third kappa shape index (κ3) is 5.19. The van der Waals surface area contributed by atoms with Gasteiger partial charge in [0.15, 0.2) is 0 Å². The number of nitrogens with one attached hydrogen (secondary N) is 2. The summed E-state index contributed by atoms with van der Waals surface area (Å²) in [4.78, 5) is 36.8. The van der Waals surface area contributed by atoms with E-state index in [0.717, 1.165) is 35.1 Å². The fourth-order valence-electron chi connectivity index (χ4n) is 5.92. The lowest BCUT2D eigenvalue weighted by Gasteiger charge is -2.29. The molecule has 2 aromatic rings. The summed E-state index contributed by atoms with van der Waals surface area (Å²) in [5.41, 5.74) is 4.91. The monoisotopic (exact) mass is 476 g/mol. The highest BCUT2D eigenvalue weighted by molar-refractivity contribution is 5.89. The second-order valence-electron chi connectivity index (χ2n) is 10.3. The van der Waals surface area contributed by atoms with Crippen LogP contribution in [0.1, 0.15) is 62.0 Å². The Morgan fingerprint density at radius 3 is 2.29 bits per heavy atom. The third-order valence-corrected chi connectivity index (χ3v) is 7.89. The van der Waals surface area contributed by atoms with Crippen molar-refractivity contribution in [2.45, 2.75) is 56.9 Å². The Balaban J connectivity index is 1.17. The topological polar surface area (TPSA) is 105 Å². The number of fused-ring (bicyclic) bond motifs is 3. The third-order valence-electron chi connectivity index (χ3n) is 7.89. The summed E-state index contributed by atoms with van der Waals surface area (Å²) in [7, 11) is 0. The minimum absolute atomic E-state index is 0.103. The van der Waals surface area contributed by atoms with Gasteiger partial charge >= 0.3 is 12.1 Å². The van der Waals surface area contributed by atoms with Crippen LogP contribution in [0.2, 0.25) is 0 Å². The van der Waals surface area contributed by atoms with E-state index in [-0.39, 0.29) is 12.5 Å². The van der Waals surface area contributed by atoms with E-state index in [9.17, 15) is 19.5 Å². The Hall–Kier alpha value is -3.35. The number of carboxylic acids is 1. The summed E-state index contributed by atoms with van der Waals surface area (Å²) in [5.74, 6) is -1.33. The minimum atomic E-state index is -1.18. The average Bonchev–Trinajstić information content (AvgIpc) is 3.51. The van der Waals surface area contributed by atoms with E-state index in [4.69, 9.17) is 4.74 Å². The molecule has 3 aliphatic rings. The lowest BCUT2D eigenvalue weighted by atomic mass is 9.79. The zero-order valence-electron chi connectivity index (χ0n) is 19.8. The van der Waals surface area contributed by atoms with Gasteiger partial charge in [0.1, 0.15) is 12.6 Å². The number of rotatable bonds is 8. The van der Waals surface area contributed by atoms with Gasteiger partial charge in [0.2, 0.25) is 5.91 Å². The number of hydrogen-bond acceptors (Lipinski definition) is 4. The molecule has 0 aromatic heterocycles. The number of carboxylic acid groups (broad SMARTS) is 1. The zero-order chi connectivity index (χ0) is 24.4. The van der Waals surface area contributed by atoms with Gasteiger partial charge < -0.3 is 20.5 Å². The molecule has 7 nitrogen and oxygen atoms in total. The highest BCUT2D eigenvalue weighted by atomic mass is 16.5. The maximum absolute atomic E-state index is 12.8. The van der Waals surface area contributed by atoms with Gasteiger partial charge in [-0.25, -0.2) is 4.79 Å². The fourth-order valence-corrected chi connectivity index (χ4v) is 5.92. The van der Waals surface area contributed by atoms with Gasteiger partial charge in [0.05, 0.1) is 6.42 Å². The van der Waals surface area contributed by atoms with Gasteiger partial charge in [0.25, 0.3) is 0 Å². The molecule has 2 saturated carbocycles. The van der Waals surface area contributed by atoms with E-state index >= 15 is 0 Å². The number of carbonyl (C=O) groups is 3. The van der Waals surface area contributed by atoms with Crippen LogP contribution in [-0.2, 0) is 14.3 Å². The van der Waals surface area contributed by atoms with Crippen LogP contribution in [-0.4, -0.2) is 42.3 Å². The molecular weight excluding hydrogens is 444 g/mol. The maximum Gasteiger partial charge on any atom is 0.407 e. The number of alkyl carbamates (subject to hydrolysis) is 1. The normalized spacial score (nSPS) is 20.4. The van der Waals surface area contributed by atoms with Gasteiger partial charge in [-0.05, 0) is 65.7 Å². The van der Waals surface area contributed by atoms with Crippen molar-refractivity contribution in [2.24, 2.45) is 11.3 Å². The fraction of sp³-hybridized carbons (Fsp3) is 0.464. The van der Waals surface area contributed by atoms with E-state index in [2.05, 4.69) is 22.8 Å². The van der Waals surface area contributed by atoms with Crippen molar-refractivity contribution in [3.63, 3.8) is 0 Å². The van der Waals surface area contributed by atoms with Crippen molar-refractivity contribution in [1.82, 2.24) is 10.6 Å². The first-order valence-corrected chi connectivity index (χ1v) is 12.6. The molecule has 3 aliphatic carbocycles. The maximum atomic E-state index is 12.8. The molecule has 0 heterocycles. The summed E-state index contributed by atoms with van der Waals surface area (Å²) >= 11 is 0. The molecule has 35 heavy (non-hydrogen) atoms. The first-order chi connectivity index (χ1) is 16.9. The molecule has 3 N–H and O–H groups in total. The summed E-state index contributed by atoms with van der Waals surface area (Å²) in [5, 5.41) is 14.7. The van der Waals surface area contributed by atoms with Crippen molar-refractivity contribution < 1.29 is 24.2 Å². The SMILES string of the molecule is O=C(O)CC(NC(=O)OCC1c2ccccc2-c2ccccc21)C(=O)NCC1CCCC2(CC2)C1. The van der Waals surface area contributed by atoms with E-state index in [0.29, 0.717) is 17.9 Å². The summed E-state index contributed by atoms with van der Waals surface area (Å²) in [6.07, 6.45) is 5.93. The van der Waals surface area contributed by atoms with Gasteiger partial charge in [-0.3, -0.25) is 9.59 Å². The summed E-state index contributed by atoms with van der Waals surface area (Å²) < 4.78 is 5.51. The number of ether oxygens (including phenoxy) is 1. The Bertz CT molecular complexity index is 1080. The van der Waals surface area contributed by atoms with E-state index in [1.54, 1.807) is 0 Å². The highest BCUT2D eigenvalue weighted by Gasteiger charge is 2.45. The second kappa shape index (κ2) is 9.72. The molecule has 0 radical (unpaired) electrons. The Morgan fingerprint density at radius 1 is 1.00 bits per heavy atom. The molecule has 2 atom stereocenters. The molecule has 2 unspecified atom stereocenters. The number of benzene rings is 2. The van der Waals surface area contributed by atoms with Crippen molar-refractivity contribution in [3.8, 4) is 11.1 Å². The van der Waals surface area contributed by atoms with E-state index in [1.165, 1.54) is 25.7 Å². The largest absolute Gasteiger partial charge is 0.481 e. The highest BCUT2D eigenvalue weighted by Crippen LogP contribution is 2.57. The van der Waals surface area contributed by atoms with Gasteiger partial charge in [0, 0.05) is 12.5 Å². The molecule has 0 bridgehead atoms. The van der Waals surface area contributed by atoms with Crippen LogP contribution in [0, 0.1) is 11.3 Å². The Kier molecular flexibility index (Phi) is 6.50. The molecule has 2 amide bonds. The summed E-state index contributed by atoms with van der Waals surface area (Å²) in [6.45, 7) is 0.620.